The number of sulfone groups is 1. The first-order chi connectivity index (χ1) is 10.9. The van der Waals surface area contributed by atoms with Gasteiger partial charge in [-0.1, -0.05) is 42.5 Å². The van der Waals surface area contributed by atoms with Crippen LogP contribution in [0.15, 0.2) is 48.5 Å². The molecule has 1 heterocycles. The van der Waals surface area contributed by atoms with E-state index in [0.717, 1.165) is 16.3 Å². The largest absolute Gasteiger partial charge is 0.346 e. The average molecular weight is 329 g/mol. The zero-order valence-corrected chi connectivity index (χ0v) is 13.8. The first kappa shape index (κ1) is 15.7. The Kier molecular flexibility index (Phi) is 3.98. The van der Waals surface area contributed by atoms with Gasteiger partial charge in [0.05, 0.1) is 17.0 Å². The summed E-state index contributed by atoms with van der Waals surface area (Å²) in [6.07, 6.45) is 3.70. The van der Waals surface area contributed by atoms with Crippen molar-refractivity contribution in [1.82, 2.24) is 5.32 Å². The first-order valence-electron chi connectivity index (χ1n) is 7.55. The summed E-state index contributed by atoms with van der Waals surface area (Å²) in [5, 5.41) is 5.02. The van der Waals surface area contributed by atoms with Gasteiger partial charge in [-0.2, -0.15) is 0 Å². The van der Waals surface area contributed by atoms with E-state index in [1.54, 1.807) is 13.0 Å². The van der Waals surface area contributed by atoms with E-state index in [1.807, 2.05) is 42.5 Å². The number of fused-ring (bicyclic) bond motifs is 1. The van der Waals surface area contributed by atoms with Crippen molar-refractivity contribution < 1.29 is 13.2 Å². The highest BCUT2D eigenvalue weighted by Gasteiger charge is 2.39. The van der Waals surface area contributed by atoms with E-state index in [1.165, 1.54) is 6.08 Å². The summed E-state index contributed by atoms with van der Waals surface area (Å²) >= 11 is 0. The fourth-order valence-corrected chi connectivity index (χ4v) is 5.10. The van der Waals surface area contributed by atoms with E-state index in [2.05, 4.69) is 5.32 Å². The maximum atomic E-state index is 12.1. The maximum Gasteiger partial charge on any atom is 0.244 e. The number of rotatable bonds is 3. The third-order valence-corrected chi connectivity index (χ3v) is 6.07. The van der Waals surface area contributed by atoms with Crippen LogP contribution in [-0.4, -0.2) is 31.4 Å². The molecule has 3 rings (SSSR count). The Hall–Kier alpha value is -2.14. The fraction of sp³-hybridized carbons (Fsp3) is 0.278. The second-order valence-corrected chi connectivity index (χ2v) is 8.48. The summed E-state index contributed by atoms with van der Waals surface area (Å²) in [4.78, 5) is 12.1. The molecule has 1 saturated heterocycles. The topological polar surface area (TPSA) is 63.2 Å². The van der Waals surface area contributed by atoms with Crippen molar-refractivity contribution in [3.05, 3.63) is 54.1 Å². The van der Waals surface area contributed by atoms with E-state index >= 15 is 0 Å². The third kappa shape index (κ3) is 3.62. The molecule has 2 aromatic rings. The molecule has 0 bridgehead atoms. The van der Waals surface area contributed by atoms with Crippen molar-refractivity contribution in [1.29, 1.82) is 0 Å². The second kappa shape index (κ2) is 5.81. The number of amides is 1. The summed E-state index contributed by atoms with van der Waals surface area (Å²) in [7, 11) is -3.03. The van der Waals surface area contributed by atoms with Crippen LogP contribution in [0.5, 0.6) is 0 Å². The van der Waals surface area contributed by atoms with Gasteiger partial charge in [0.15, 0.2) is 9.84 Å². The zero-order chi connectivity index (χ0) is 16.5. The van der Waals surface area contributed by atoms with Crippen molar-refractivity contribution in [2.75, 3.05) is 11.5 Å². The minimum Gasteiger partial charge on any atom is -0.346 e. The van der Waals surface area contributed by atoms with E-state index in [-0.39, 0.29) is 17.4 Å². The Labute approximate surface area is 136 Å². The number of hydrogen-bond donors (Lipinski definition) is 1. The van der Waals surface area contributed by atoms with Crippen molar-refractivity contribution in [2.24, 2.45) is 0 Å². The van der Waals surface area contributed by atoms with Crippen molar-refractivity contribution in [3.8, 4) is 0 Å². The molecular formula is C18H19NO3S. The molecule has 0 spiro atoms. The molecule has 1 aliphatic heterocycles. The van der Waals surface area contributed by atoms with E-state index in [4.69, 9.17) is 0 Å². The molecule has 120 valence electrons. The number of hydrogen-bond acceptors (Lipinski definition) is 3. The van der Waals surface area contributed by atoms with Crippen molar-refractivity contribution >= 4 is 32.6 Å². The third-order valence-electron chi connectivity index (χ3n) is 4.17. The SMILES string of the molecule is CC1(NC(=O)/C=C/c2cccc3ccccc23)CCS(=O)(=O)C1. The van der Waals surface area contributed by atoms with Crippen LogP contribution in [0.3, 0.4) is 0 Å². The predicted molar refractivity (Wildman–Crippen MR) is 92.8 cm³/mol. The molecule has 23 heavy (non-hydrogen) atoms. The van der Waals surface area contributed by atoms with Crippen LogP contribution in [-0.2, 0) is 14.6 Å². The summed E-state index contributed by atoms with van der Waals surface area (Å²) in [5.74, 6) is -0.123. The van der Waals surface area contributed by atoms with Gasteiger partial charge in [0.2, 0.25) is 5.91 Å². The molecule has 0 aromatic heterocycles. The predicted octanol–water partition coefficient (Wildman–Crippen LogP) is 2.55. The molecule has 1 fully saturated rings. The molecule has 1 atom stereocenters. The summed E-state index contributed by atoms with van der Waals surface area (Å²) in [5.41, 5.74) is 0.293. The van der Waals surface area contributed by atoms with Gasteiger partial charge in [-0.25, -0.2) is 8.42 Å². The molecule has 0 saturated carbocycles. The Morgan fingerprint density at radius 1 is 1.17 bits per heavy atom. The standard InChI is InChI=1S/C18H19NO3S/c1-18(11-12-23(21,22)13-18)19-17(20)10-9-15-7-4-6-14-5-2-3-8-16(14)15/h2-10H,11-13H2,1H3,(H,19,20)/b10-9+. The Bertz CT molecular complexity index is 881. The van der Waals surface area contributed by atoms with E-state index in [0.29, 0.717) is 6.42 Å². The van der Waals surface area contributed by atoms with Crippen LogP contribution in [0.25, 0.3) is 16.8 Å². The maximum absolute atomic E-state index is 12.1. The van der Waals surface area contributed by atoms with Crippen molar-refractivity contribution in [2.45, 2.75) is 18.9 Å². The van der Waals surface area contributed by atoms with Crippen molar-refractivity contribution in [3.63, 3.8) is 0 Å². The highest BCUT2D eigenvalue weighted by molar-refractivity contribution is 7.91. The Morgan fingerprint density at radius 3 is 2.65 bits per heavy atom. The minimum absolute atomic E-state index is 0.00779. The molecule has 1 unspecified atom stereocenters. The lowest BCUT2D eigenvalue weighted by Crippen LogP contribution is -2.46. The number of nitrogens with one attached hydrogen (secondary N) is 1. The van der Waals surface area contributed by atoms with Crippen LogP contribution in [0.4, 0.5) is 0 Å². The van der Waals surface area contributed by atoms with Gasteiger partial charge in [-0.15, -0.1) is 0 Å². The highest BCUT2D eigenvalue weighted by atomic mass is 32.2. The van der Waals surface area contributed by atoms with Gasteiger partial charge < -0.3 is 5.32 Å². The lowest BCUT2D eigenvalue weighted by molar-refractivity contribution is -0.117. The number of benzene rings is 2. The molecule has 5 heteroatoms. The lowest BCUT2D eigenvalue weighted by Gasteiger charge is -2.22. The minimum atomic E-state index is -3.03. The van der Waals surface area contributed by atoms with E-state index < -0.39 is 15.4 Å². The summed E-state index contributed by atoms with van der Waals surface area (Å²) in [6.45, 7) is 1.78. The molecule has 1 aliphatic rings. The first-order valence-corrected chi connectivity index (χ1v) is 9.38. The Morgan fingerprint density at radius 2 is 1.91 bits per heavy atom. The highest BCUT2D eigenvalue weighted by Crippen LogP contribution is 2.23. The number of carbonyl (C=O) groups is 1. The normalized spacial score (nSPS) is 23.3. The van der Waals surface area contributed by atoms with Crippen LogP contribution < -0.4 is 5.32 Å². The van der Waals surface area contributed by atoms with Gasteiger partial charge in [-0.05, 0) is 35.8 Å². The molecular weight excluding hydrogens is 310 g/mol. The Balaban J connectivity index is 1.76. The van der Waals surface area contributed by atoms with Crippen LogP contribution in [0.2, 0.25) is 0 Å². The molecule has 4 nitrogen and oxygen atoms in total. The van der Waals surface area contributed by atoms with Crippen LogP contribution in [0, 0.1) is 0 Å². The van der Waals surface area contributed by atoms with Crippen LogP contribution in [0.1, 0.15) is 18.9 Å². The van der Waals surface area contributed by atoms with Gasteiger partial charge >= 0.3 is 0 Å². The molecule has 1 N–H and O–H groups in total. The van der Waals surface area contributed by atoms with Gasteiger partial charge in [-0.3, -0.25) is 4.79 Å². The lowest BCUT2D eigenvalue weighted by atomic mass is 10.0. The van der Waals surface area contributed by atoms with Crippen LogP contribution >= 0.6 is 0 Å². The summed E-state index contributed by atoms with van der Waals surface area (Å²) in [6, 6.07) is 13.9. The second-order valence-electron chi connectivity index (χ2n) is 6.29. The molecule has 0 radical (unpaired) electrons. The summed E-state index contributed by atoms with van der Waals surface area (Å²) < 4.78 is 23.2. The smallest absolute Gasteiger partial charge is 0.244 e. The van der Waals surface area contributed by atoms with Gasteiger partial charge in [0.25, 0.3) is 0 Å². The molecule has 0 aliphatic carbocycles. The van der Waals surface area contributed by atoms with Gasteiger partial charge in [0, 0.05) is 6.08 Å². The monoisotopic (exact) mass is 329 g/mol. The zero-order valence-electron chi connectivity index (χ0n) is 13.0. The quantitative estimate of drug-likeness (QED) is 0.880. The molecule has 1 amide bonds. The number of carbonyl (C=O) groups excluding carboxylic acids is 1. The van der Waals surface area contributed by atoms with E-state index in [9.17, 15) is 13.2 Å². The van der Waals surface area contributed by atoms with Gasteiger partial charge in [0.1, 0.15) is 0 Å². The average Bonchev–Trinajstić information content (AvgIpc) is 2.78. The fourth-order valence-electron chi connectivity index (χ4n) is 3.01. The molecule has 2 aromatic carbocycles.